The van der Waals surface area contributed by atoms with Crippen LogP contribution in [0.15, 0.2) is 0 Å². The quantitative estimate of drug-likeness (QED) is 0.736. The minimum Gasteiger partial charge on any atom is -0.391 e. The third-order valence-electron chi connectivity index (χ3n) is 1.90. The molecule has 1 atom stereocenters. The Morgan fingerprint density at radius 3 is 2.92 bits per heavy atom. The lowest BCUT2D eigenvalue weighted by atomic mass is 10.3. The van der Waals surface area contributed by atoms with Crippen LogP contribution in [0.2, 0.25) is 5.15 Å². The highest BCUT2D eigenvalue weighted by Crippen LogP contribution is 2.25. The van der Waals surface area contributed by atoms with E-state index in [-0.39, 0.29) is 6.10 Å². The summed E-state index contributed by atoms with van der Waals surface area (Å²) in [7, 11) is 0. The molecular formula is C6H8ClN3OS. The minimum atomic E-state index is -0.247. The van der Waals surface area contributed by atoms with Crippen LogP contribution >= 0.6 is 23.3 Å². The second-order valence-electron chi connectivity index (χ2n) is 2.77. The molecule has 0 bridgehead atoms. The zero-order valence-corrected chi connectivity index (χ0v) is 7.85. The Morgan fingerprint density at radius 2 is 2.42 bits per heavy atom. The molecule has 0 aliphatic carbocycles. The molecule has 1 aromatic heterocycles. The van der Waals surface area contributed by atoms with Crippen LogP contribution in [0.3, 0.4) is 0 Å². The number of aliphatic hydroxyl groups excluding tert-OH is 1. The summed E-state index contributed by atoms with van der Waals surface area (Å²) in [6, 6.07) is 0. The first-order chi connectivity index (χ1) is 5.77. The first-order valence-electron chi connectivity index (χ1n) is 3.68. The van der Waals surface area contributed by atoms with Gasteiger partial charge in [0, 0.05) is 13.1 Å². The number of aliphatic hydroxyl groups is 1. The largest absolute Gasteiger partial charge is 0.391 e. The molecule has 1 aliphatic rings. The van der Waals surface area contributed by atoms with Gasteiger partial charge in [0.2, 0.25) is 0 Å². The summed E-state index contributed by atoms with van der Waals surface area (Å²) in [5.74, 6) is 0.707. The second-order valence-corrected chi connectivity index (χ2v) is 3.65. The van der Waals surface area contributed by atoms with Crippen LogP contribution in [-0.2, 0) is 0 Å². The molecule has 6 heteroatoms. The number of hydrogen-bond acceptors (Lipinski definition) is 5. The predicted molar refractivity (Wildman–Crippen MR) is 47.8 cm³/mol. The van der Waals surface area contributed by atoms with Crippen LogP contribution in [0.4, 0.5) is 5.82 Å². The van der Waals surface area contributed by atoms with Crippen LogP contribution in [0.25, 0.3) is 0 Å². The minimum absolute atomic E-state index is 0.247. The van der Waals surface area contributed by atoms with Crippen molar-refractivity contribution in [3.63, 3.8) is 0 Å². The molecule has 0 aromatic carbocycles. The standard InChI is InChI=1S/C6H8ClN3OS/c7-5-6(9-12-8-5)10-2-1-4(11)3-10/h4,11H,1-3H2/t4-/m1/s1. The summed E-state index contributed by atoms with van der Waals surface area (Å²) in [4.78, 5) is 1.95. The predicted octanol–water partition coefficient (Wildman–Crippen LogP) is 0.763. The molecule has 0 saturated carbocycles. The molecule has 0 unspecified atom stereocenters. The van der Waals surface area contributed by atoms with Gasteiger partial charge in [-0.2, -0.15) is 8.75 Å². The molecular weight excluding hydrogens is 198 g/mol. The number of halogens is 1. The molecule has 2 heterocycles. The van der Waals surface area contributed by atoms with Gasteiger partial charge in [-0.05, 0) is 6.42 Å². The van der Waals surface area contributed by atoms with Crippen molar-refractivity contribution < 1.29 is 5.11 Å². The van der Waals surface area contributed by atoms with E-state index in [0.29, 0.717) is 17.5 Å². The summed E-state index contributed by atoms with van der Waals surface area (Å²) in [6.07, 6.45) is 0.538. The van der Waals surface area contributed by atoms with Crippen molar-refractivity contribution in [1.82, 2.24) is 8.75 Å². The molecule has 1 N–H and O–H groups in total. The fourth-order valence-corrected chi connectivity index (χ4v) is 2.07. The zero-order valence-electron chi connectivity index (χ0n) is 6.27. The van der Waals surface area contributed by atoms with E-state index in [1.54, 1.807) is 0 Å². The number of anilines is 1. The average Bonchev–Trinajstić information content (AvgIpc) is 2.58. The number of β-amino-alcohol motifs (C(OH)–C–C–N with tert-alkyl or cyclic N) is 1. The maximum absolute atomic E-state index is 9.26. The highest BCUT2D eigenvalue weighted by molar-refractivity contribution is 6.99. The Hall–Kier alpha value is -0.390. The van der Waals surface area contributed by atoms with Crippen molar-refractivity contribution in [2.75, 3.05) is 18.0 Å². The molecule has 1 saturated heterocycles. The first kappa shape index (κ1) is 8.22. The van der Waals surface area contributed by atoms with Gasteiger partial charge in [-0.25, -0.2) is 0 Å². The molecule has 0 spiro atoms. The molecule has 1 aromatic rings. The number of aromatic nitrogens is 2. The average molecular weight is 206 g/mol. The maximum atomic E-state index is 9.26. The number of hydrogen-bond donors (Lipinski definition) is 1. The van der Waals surface area contributed by atoms with Gasteiger partial charge in [0.1, 0.15) is 0 Å². The van der Waals surface area contributed by atoms with E-state index in [9.17, 15) is 5.11 Å². The van der Waals surface area contributed by atoms with Crippen molar-refractivity contribution in [2.24, 2.45) is 0 Å². The molecule has 1 fully saturated rings. The smallest absolute Gasteiger partial charge is 0.187 e. The van der Waals surface area contributed by atoms with Gasteiger partial charge < -0.3 is 10.0 Å². The van der Waals surface area contributed by atoms with E-state index in [1.807, 2.05) is 4.90 Å². The van der Waals surface area contributed by atoms with Gasteiger partial charge in [-0.3, -0.25) is 0 Å². The Labute approximate surface area is 79.1 Å². The van der Waals surface area contributed by atoms with Crippen molar-refractivity contribution in [2.45, 2.75) is 12.5 Å². The SMILES string of the molecule is O[C@@H]1CCN(c2nsnc2Cl)C1. The summed E-state index contributed by atoms with van der Waals surface area (Å²) >= 11 is 6.88. The van der Waals surface area contributed by atoms with Gasteiger partial charge in [0.25, 0.3) is 0 Å². The van der Waals surface area contributed by atoms with E-state index in [1.165, 1.54) is 0 Å². The molecule has 0 radical (unpaired) electrons. The van der Waals surface area contributed by atoms with Crippen molar-refractivity contribution in [1.29, 1.82) is 0 Å². The topological polar surface area (TPSA) is 49.2 Å². The normalized spacial score (nSPS) is 23.5. The number of nitrogens with zero attached hydrogens (tertiary/aromatic N) is 3. The van der Waals surface area contributed by atoms with Crippen molar-refractivity contribution >= 4 is 29.1 Å². The van der Waals surface area contributed by atoms with E-state index in [2.05, 4.69) is 8.75 Å². The lowest BCUT2D eigenvalue weighted by Crippen LogP contribution is -2.21. The second kappa shape index (κ2) is 3.16. The van der Waals surface area contributed by atoms with E-state index < -0.39 is 0 Å². The van der Waals surface area contributed by atoms with Crippen LogP contribution in [-0.4, -0.2) is 33.0 Å². The van der Waals surface area contributed by atoms with Crippen LogP contribution in [0.5, 0.6) is 0 Å². The van der Waals surface area contributed by atoms with Gasteiger partial charge in [0.05, 0.1) is 17.8 Å². The lowest BCUT2D eigenvalue weighted by Gasteiger charge is -2.13. The monoisotopic (exact) mass is 205 g/mol. The Bertz CT molecular complexity index is 280. The summed E-state index contributed by atoms with van der Waals surface area (Å²) in [5, 5.41) is 9.70. The summed E-state index contributed by atoms with van der Waals surface area (Å²) < 4.78 is 7.90. The first-order valence-corrected chi connectivity index (χ1v) is 4.79. The molecule has 2 rings (SSSR count). The molecule has 0 amide bonds. The maximum Gasteiger partial charge on any atom is 0.187 e. The van der Waals surface area contributed by atoms with Crippen molar-refractivity contribution in [3.05, 3.63) is 5.15 Å². The Balaban J connectivity index is 2.16. The fraction of sp³-hybridized carbons (Fsp3) is 0.667. The third-order valence-corrected chi connectivity index (χ3v) is 2.77. The van der Waals surface area contributed by atoms with E-state index in [4.69, 9.17) is 11.6 Å². The third kappa shape index (κ3) is 1.39. The Morgan fingerprint density at radius 1 is 1.58 bits per heavy atom. The molecule has 1 aliphatic heterocycles. The van der Waals surface area contributed by atoms with E-state index >= 15 is 0 Å². The fourth-order valence-electron chi connectivity index (χ4n) is 1.30. The van der Waals surface area contributed by atoms with Crippen molar-refractivity contribution in [3.8, 4) is 0 Å². The van der Waals surface area contributed by atoms with Crippen LogP contribution in [0, 0.1) is 0 Å². The van der Waals surface area contributed by atoms with Gasteiger partial charge >= 0.3 is 0 Å². The molecule has 66 valence electrons. The van der Waals surface area contributed by atoms with Gasteiger partial charge in [0.15, 0.2) is 11.0 Å². The molecule has 12 heavy (non-hydrogen) atoms. The number of rotatable bonds is 1. The highest BCUT2D eigenvalue weighted by Gasteiger charge is 2.24. The zero-order chi connectivity index (χ0) is 8.55. The van der Waals surface area contributed by atoms with Crippen LogP contribution in [0.1, 0.15) is 6.42 Å². The van der Waals surface area contributed by atoms with Gasteiger partial charge in [-0.1, -0.05) is 11.6 Å². The summed E-state index contributed by atoms with van der Waals surface area (Å²) in [5.41, 5.74) is 0. The van der Waals surface area contributed by atoms with Crippen LogP contribution < -0.4 is 4.90 Å². The van der Waals surface area contributed by atoms with E-state index in [0.717, 1.165) is 24.7 Å². The lowest BCUT2D eigenvalue weighted by molar-refractivity contribution is 0.198. The Kier molecular flexibility index (Phi) is 2.16. The molecule has 4 nitrogen and oxygen atoms in total. The van der Waals surface area contributed by atoms with Gasteiger partial charge in [-0.15, -0.1) is 0 Å². The summed E-state index contributed by atoms with van der Waals surface area (Å²) in [6.45, 7) is 1.43. The highest BCUT2D eigenvalue weighted by atomic mass is 35.5.